The van der Waals surface area contributed by atoms with Gasteiger partial charge in [-0.3, -0.25) is 4.79 Å². The molecule has 0 fully saturated rings. The van der Waals surface area contributed by atoms with E-state index in [9.17, 15) is 4.79 Å². The van der Waals surface area contributed by atoms with Crippen molar-refractivity contribution < 1.29 is 4.74 Å². The number of ether oxygens (including phenoxy) is 1. The van der Waals surface area contributed by atoms with E-state index in [2.05, 4.69) is 38.6 Å². The van der Waals surface area contributed by atoms with Crippen molar-refractivity contribution in [2.45, 2.75) is 26.3 Å². The Morgan fingerprint density at radius 3 is 2.90 bits per heavy atom. The molecule has 1 aromatic rings. The molecule has 7 heteroatoms. The minimum absolute atomic E-state index is 0.0872. The van der Waals surface area contributed by atoms with Gasteiger partial charge in [-0.15, -0.1) is 0 Å². The summed E-state index contributed by atoms with van der Waals surface area (Å²) < 4.78 is 6.98. The number of anilines is 1. The molecule has 0 spiro atoms. The van der Waals surface area contributed by atoms with Gasteiger partial charge in [0.2, 0.25) is 0 Å². The van der Waals surface area contributed by atoms with Gasteiger partial charge in [-0.25, -0.2) is 4.68 Å². The van der Waals surface area contributed by atoms with Gasteiger partial charge < -0.3 is 15.4 Å². The first kappa shape index (κ1) is 17.1. The molecule has 1 aromatic heterocycles. The van der Waals surface area contributed by atoms with Gasteiger partial charge in [0.15, 0.2) is 0 Å². The molecule has 6 nitrogen and oxygen atoms in total. The van der Waals surface area contributed by atoms with Crippen LogP contribution in [0, 0.1) is 0 Å². The lowest BCUT2D eigenvalue weighted by molar-refractivity contribution is 0.200. The molecule has 0 amide bonds. The maximum absolute atomic E-state index is 12.1. The topological polar surface area (TPSA) is 68.2 Å². The van der Waals surface area contributed by atoms with Crippen LogP contribution in [0.5, 0.6) is 0 Å². The molecule has 0 saturated carbocycles. The maximum Gasteiger partial charge on any atom is 0.283 e. The van der Waals surface area contributed by atoms with Crippen molar-refractivity contribution in [3.8, 4) is 0 Å². The van der Waals surface area contributed by atoms with E-state index in [0.717, 1.165) is 38.2 Å². The summed E-state index contributed by atoms with van der Waals surface area (Å²) in [5.41, 5.74) is 0.645. The zero-order valence-corrected chi connectivity index (χ0v) is 13.7. The first-order valence-electron chi connectivity index (χ1n) is 6.89. The molecule has 1 rings (SSSR count). The second-order valence-corrected chi connectivity index (χ2v) is 5.22. The number of hydrogen-bond acceptors (Lipinski definition) is 5. The fourth-order valence-corrected chi connectivity index (χ4v) is 2.09. The Morgan fingerprint density at radius 2 is 2.20 bits per heavy atom. The van der Waals surface area contributed by atoms with E-state index in [-0.39, 0.29) is 5.56 Å². The summed E-state index contributed by atoms with van der Waals surface area (Å²) in [7, 11) is 1.68. The van der Waals surface area contributed by atoms with Crippen LogP contribution in [0.25, 0.3) is 0 Å². The predicted molar refractivity (Wildman–Crippen MR) is 84.3 cm³/mol. The molecule has 2 N–H and O–H groups in total. The number of nitrogens with one attached hydrogen (secondary N) is 2. The van der Waals surface area contributed by atoms with Gasteiger partial charge in [-0.2, -0.15) is 5.10 Å². The fraction of sp³-hybridized carbons (Fsp3) is 0.692. The standard InChI is InChI=1S/C13H23BrN4O2/c1-3-4-8-18-13(19)12(14)11(10-17-18)16-6-5-15-7-9-20-2/h10,15-16H,3-9H2,1-2H3. The molecule has 0 aliphatic carbocycles. The first-order valence-corrected chi connectivity index (χ1v) is 7.69. The van der Waals surface area contributed by atoms with Crippen LogP contribution in [-0.4, -0.2) is 43.1 Å². The Morgan fingerprint density at radius 1 is 1.40 bits per heavy atom. The molecular formula is C13H23BrN4O2. The highest BCUT2D eigenvalue weighted by Crippen LogP contribution is 2.15. The number of hydrogen-bond donors (Lipinski definition) is 2. The highest BCUT2D eigenvalue weighted by Gasteiger charge is 2.07. The van der Waals surface area contributed by atoms with Gasteiger partial charge in [0.25, 0.3) is 5.56 Å². The monoisotopic (exact) mass is 346 g/mol. The molecule has 114 valence electrons. The average molecular weight is 347 g/mol. The fourth-order valence-electron chi connectivity index (χ4n) is 1.64. The second-order valence-electron chi connectivity index (χ2n) is 4.42. The number of rotatable bonds is 10. The summed E-state index contributed by atoms with van der Waals surface area (Å²) in [5.74, 6) is 0. The number of unbranched alkanes of at least 4 members (excludes halogenated alkanes) is 1. The molecule has 0 atom stereocenters. The highest BCUT2D eigenvalue weighted by atomic mass is 79.9. The van der Waals surface area contributed by atoms with Crippen LogP contribution in [0.15, 0.2) is 15.5 Å². The van der Waals surface area contributed by atoms with Crippen molar-refractivity contribution in [3.63, 3.8) is 0 Å². The maximum atomic E-state index is 12.1. The Labute approximate surface area is 128 Å². The van der Waals surface area contributed by atoms with Gasteiger partial charge in [-0.05, 0) is 22.4 Å². The van der Waals surface area contributed by atoms with Crippen LogP contribution in [0.3, 0.4) is 0 Å². The summed E-state index contributed by atoms with van der Waals surface area (Å²) in [5, 5.41) is 10.6. The smallest absolute Gasteiger partial charge is 0.283 e. The van der Waals surface area contributed by atoms with Gasteiger partial charge in [0, 0.05) is 33.3 Å². The molecular weight excluding hydrogens is 324 g/mol. The number of halogens is 1. The number of nitrogens with zero attached hydrogens (tertiary/aromatic N) is 2. The third-order valence-electron chi connectivity index (χ3n) is 2.81. The molecule has 0 radical (unpaired) electrons. The molecule has 0 saturated heterocycles. The third kappa shape index (κ3) is 5.60. The minimum Gasteiger partial charge on any atom is -0.383 e. The Balaban J connectivity index is 2.47. The summed E-state index contributed by atoms with van der Waals surface area (Å²) >= 11 is 3.34. The largest absolute Gasteiger partial charge is 0.383 e. The van der Waals surface area contributed by atoms with Gasteiger partial charge >= 0.3 is 0 Å². The lowest BCUT2D eigenvalue weighted by Gasteiger charge is -2.10. The van der Waals surface area contributed by atoms with Gasteiger partial charge in [-0.1, -0.05) is 13.3 Å². The summed E-state index contributed by atoms with van der Waals surface area (Å²) in [4.78, 5) is 12.1. The highest BCUT2D eigenvalue weighted by molar-refractivity contribution is 9.10. The first-order chi connectivity index (χ1) is 9.70. The van der Waals surface area contributed by atoms with Gasteiger partial charge in [0.05, 0.1) is 18.5 Å². The molecule has 0 unspecified atom stereocenters. The summed E-state index contributed by atoms with van der Waals surface area (Å²) in [6.45, 7) is 5.78. The van der Waals surface area contributed by atoms with Crippen LogP contribution in [0.1, 0.15) is 19.8 Å². The molecule has 0 bridgehead atoms. The zero-order valence-electron chi connectivity index (χ0n) is 12.1. The second kappa shape index (κ2) is 9.90. The van der Waals surface area contributed by atoms with Crippen LogP contribution in [0.4, 0.5) is 5.69 Å². The van der Waals surface area contributed by atoms with E-state index < -0.39 is 0 Å². The number of aromatic nitrogens is 2. The Kier molecular flexibility index (Phi) is 8.48. The van der Waals surface area contributed by atoms with Crippen molar-refractivity contribution in [3.05, 3.63) is 21.0 Å². The number of methoxy groups -OCH3 is 1. The summed E-state index contributed by atoms with van der Waals surface area (Å²) in [6, 6.07) is 0. The molecule has 0 aliphatic heterocycles. The van der Waals surface area contributed by atoms with Crippen LogP contribution in [0.2, 0.25) is 0 Å². The van der Waals surface area contributed by atoms with Crippen LogP contribution < -0.4 is 16.2 Å². The van der Waals surface area contributed by atoms with E-state index in [1.54, 1.807) is 13.3 Å². The van der Waals surface area contributed by atoms with Crippen molar-refractivity contribution in [1.29, 1.82) is 0 Å². The van der Waals surface area contributed by atoms with E-state index in [1.165, 1.54) is 4.68 Å². The summed E-state index contributed by atoms with van der Waals surface area (Å²) in [6.07, 6.45) is 3.69. The minimum atomic E-state index is -0.0872. The lowest BCUT2D eigenvalue weighted by Crippen LogP contribution is -2.27. The average Bonchev–Trinajstić information content (AvgIpc) is 2.46. The third-order valence-corrected chi connectivity index (χ3v) is 3.57. The molecule has 1 heterocycles. The van der Waals surface area contributed by atoms with Crippen molar-refractivity contribution >= 4 is 21.6 Å². The Hall–Kier alpha value is -0.920. The molecule has 0 aromatic carbocycles. The molecule has 0 aliphatic rings. The van der Waals surface area contributed by atoms with Crippen LogP contribution >= 0.6 is 15.9 Å². The van der Waals surface area contributed by atoms with E-state index in [4.69, 9.17) is 4.74 Å². The van der Waals surface area contributed by atoms with E-state index in [0.29, 0.717) is 17.6 Å². The van der Waals surface area contributed by atoms with E-state index in [1.807, 2.05) is 0 Å². The zero-order chi connectivity index (χ0) is 14.8. The van der Waals surface area contributed by atoms with Crippen molar-refractivity contribution in [2.24, 2.45) is 0 Å². The predicted octanol–water partition coefficient (Wildman–Crippen LogP) is 1.45. The quantitative estimate of drug-likeness (QED) is 0.627. The van der Waals surface area contributed by atoms with Crippen LogP contribution in [-0.2, 0) is 11.3 Å². The lowest BCUT2D eigenvalue weighted by atomic mass is 10.3. The molecule has 20 heavy (non-hydrogen) atoms. The normalized spacial score (nSPS) is 10.8. The van der Waals surface area contributed by atoms with Gasteiger partial charge in [0.1, 0.15) is 4.47 Å². The Bertz CT molecular complexity index is 450. The van der Waals surface area contributed by atoms with Crippen molar-refractivity contribution in [1.82, 2.24) is 15.1 Å². The number of aryl methyl sites for hydroxylation is 1. The SMILES string of the molecule is CCCCn1ncc(NCCNCCOC)c(Br)c1=O. The van der Waals surface area contributed by atoms with Crippen molar-refractivity contribution in [2.75, 3.05) is 38.7 Å². The van der Waals surface area contributed by atoms with E-state index >= 15 is 0 Å².